The van der Waals surface area contributed by atoms with Crippen molar-refractivity contribution in [2.75, 3.05) is 15.9 Å². The lowest BCUT2D eigenvalue weighted by molar-refractivity contribution is -0.117. The summed E-state index contributed by atoms with van der Waals surface area (Å²) >= 11 is 0. The molecule has 0 aliphatic carbocycles. The summed E-state index contributed by atoms with van der Waals surface area (Å²) in [4.78, 5) is 12.9. The summed E-state index contributed by atoms with van der Waals surface area (Å²) in [6, 6.07) is 12.0. The topological polar surface area (TPSA) is 66.5 Å². The number of hydrogen-bond acceptors (Lipinski definition) is 3. The molecule has 6 heteroatoms. The highest BCUT2D eigenvalue weighted by Crippen LogP contribution is 2.24. The molecule has 0 saturated carbocycles. The van der Waals surface area contributed by atoms with Gasteiger partial charge in [0.15, 0.2) is 0 Å². The van der Waals surface area contributed by atoms with Crippen LogP contribution in [0.15, 0.2) is 42.5 Å². The number of carbonyl (C=O) groups excluding carboxylic acids is 1. The second-order valence-electron chi connectivity index (χ2n) is 6.61. The molecule has 0 aliphatic rings. The van der Waals surface area contributed by atoms with Crippen LogP contribution in [-0.4, -0.2) is 26.6 Å². The van der Waals surface area contributed by atoms with Gasteiger partial charge in [0, 0.05) is 5.69 Å². The van der Waals surface area contributed by atoms with Crippen LogP contribution < -0.4 is 9.62 Å². The zero-order valence-corrected chi connectivity index (χ0v) is 16.7. The number of carbonyl (C=O) groups is 1. The van der Waals surface area contributed by atoms with Crippen molar-refractivity contribution >= 4 is 27.3 Å². The summed E-state index contributed by atoms with van der Waals surface area (Å²) in [5, 5.41) is 2.85. The summed E-state index contributed by atoms with van der Waals surface area (Å²) in [6.45, 7) is 7.66. The predicted octanol–water partition coefficient (Wildman–Crippen LogP) is 3.80. The van der Waals surface area contributed by atoms with E-state index in [0.717, 1.165) is 22.9 Å². The number of nitrogens with zero attached hydrogens (tertiary/aromatic N) is 1. The highest BCUT2D eigenvalue weighted by molar-refractivity contribution is 7.92. The maximum atomic E-state index is 12.9. The van der Waals surface area contributed by atoms with Crippen molar-refractivity contribution in [2.45, 2.75) is 40.2 Å². The van der Waals surface area contributed by atoms with Crippen LogP contribution >= 0.6 is 0 Å². The van der Waals surface area contributed by atoms with E-state index < -0.39 is 16.1 Å². The highest BCUT2D eigenvalue weighted by Gasteiger charge is 2.31. The number of rotatable bonds is 6. The Bertz CT molecular complexity index is 907. The van der Waals surface area contributed by atoms with Crippen LogP contribution in [0.5, 0.6) is 0 Å². The Morgan fingerprint density at radius 3 is 2.31 bits per heavy atom. The average Bonchev–Trinajstić information content (AvgIpc) is 2.54. The molecule has 5 nitrogen and oxygen atoms in total. The summed E-state index contributed by atoms with van der Waals surface area (Å²) in [6.07, 6.45) is 1.49. The number of hydrogen-bond donors (Lipinski definition) is 1. The number of amides is 1. The lowest BCUT2D eigenvalue weighted by Gasteiger charge is -2.30. The number of anilines is 2. The summed E-state index contributed by atoms with van der Waals surface area (Å²) < 4.78 is 26.1. The van der Waals surface area contributed by atoms with Crippen LogP contribution in [0.3, 0.4) is 0 Å². The molecule has 0 fully saturated rings. The van der Waals surface area contributed by atoms with Gasteiger partial charge in [0.1, 0.15) is 6.04 Å². The Morgan fingerprint density at radius 2 is 1.77 bits per heavy atom. The van der Waals surface area contributed by atoms with Gasteiger partial charge in [-0.25, -0.2) is 8.42 Å². The SMILES string of the molecule is CC[C@@H](C(=O)Nc1ccc(C)c(C)c1)N(c1cccc(C)c1)S(C)(=O)=O. The van der Waals surface area contributed by atoms with E-state index in [-0.39, 0.29) is 5.91 Å². The van der Waals surface area contributed by atoms with Crippen LogP contribution in [0, 0.1) is 20.8 Å². The fourth-order valence-electron chi connectivity index (χ4n) is 2.87. The third kappa shape index (κ3) is 4.64. The molecule has 2 aromatic rings. The van der Waals surface area contributed by atoms with E-state index in [1.165, 1.54) is 4.31 Å². The van der Waals surface area contributed by atoms with Gasteiger partial charge in [0.25, 0.3) is 0 Å². The molecule has 1 atom stereocenters. The molecule has 0 heterocycles. The molecule has 140 valence electrons. The van der Waals surface area contributed by atoms with Crippen molar-refractivity contribution in [1.29, 1.82) is 0 Å². The monoisotopic (exact) mass is 374 g/mol. The molecule has 0 saturated heterocycles. The summed E-state index contributed by atoms with van der Waals surface area (Å²) in [5.74, 6) is -0.345. The van der Waals surface area contributed by atoms with E-state index in [0.29, 0.717) is 17.8 Å². The molecule has 2 aromatic carbocycles. The number of sulfonamides is 1. The highest BCUT2D eigenvalue weighted by atomic mass is 32.2. The molecule has 0 radical (unpaired) electrons. The number of benzene rings is 2. The molecule has 0 spiro atoms. The fraction of sp³-hybridized carbons (Fsp3) is 0.350. The minimum Gasteiger partial charge on any atom is -0.324 e. The van der Waals surface area contributed by atoms with Crippen LogP contribution in [0.1, 0.15) is 30.0 Å². The van der Waals surface area contributed by atoms with Crippen molar-refractivity contribution in [3.63, 3.8) is 0 Å². The standard InChI is InChI=1S/C20H26N2O3S/c1-6-19(20(23)21-17-11-10-15(3)16(4)13-17)22(26(5,24)25)18-9-7-8-14(2)12-18/h7-13,19H,6H2,1-5H3,(H,21,23)/t19-/m0/s1. The van der Waals surface area contributed by atoms with Gasteiger partial charge in [0.05, 0.1) is 11.9 Å². The van der Waals surface area contributed by atoms with Gasteiger partial charge in [0.2, 0.25) is 15.9 Å². The predicted molar refractivity (Wildman–Crippen MR) is 107 cm³/mol. The van der Waals surface area contributed by atoms with Crippen LogP contribution in [0.25, 0.3) is 0 Å². The third-order valence-electron chi connectivity index (χ3n) is 4.36. The second-order valence-corrected chi connectivity index (χ2v) is 8.47. The molecular formula is C20H26N2O3S. The second kappa shape index (κ2) is 7.91. The van der Waals surface area contributed by atoms with Gasteiger partial charge >= 0.3 is 0 Å². The first-order valence-electron chi connectivity index (χ1n) is 8.57. The van der Waals surface area contributed by atoms with Crippen molar-refractivity contribution < 1.29 is 13.2 Å². The fourth-order valence-corrected chi connectivity index (χ4v) is 4.07. The Labute approximate surface area is 156 Å². The zero-order valence-electron chi connectivity index (χ0n) is 15.9. The van der Waals surface area contributed by atoms with Crippen LogP contribution in [-0.2, 0) is 14.8 Å². The van der Waals surface area contributed by atoms with Gasteiger partial charge in [-0.15, -0.1) is 0 Å². The number of nitrogens with one attached hydrogen (secondary N) is 1. The van der Waals surface area contributed by atoms with Crippen LogP contribution in [0.4, 0.5) is 11.4 Å². The van der Waals surface area contributed by atoms with Crippen molar-refractivity contribution in [3.05, 3.63) is 59.2 Å². The van der Waals surface area contributed by atoms with Crippen molar-refractivity contribution in [3.8, 4) is 0 Å². The smallest absolute Gasteiger partial charge is 0.248 e. The molecule has 0 aromatic heterocycles. The van der Waals surface area contributed by atoms with Gasteiger partial charge in [-0.05, 0) is 68.1 Å². The molecule has 26 heavy (non-hydrogen) atoms. The van der Waals surface area contributed by atoms with E-state index in [2.05, 4.69) is 5.32 Å². The zero-order chi connectivity index (χ0) is 19.5. The Balaban J connectivity index is 2.38. The largest absolute Gasteiger partial charge is 0.324 e. The molecule has 1 N–H and O–H groups in total. The lowest BCUT2D eigenvalue weighted by Crippen LogP contribution is -2.47. The van der Waals surface area contributed by atoms with E-state index in [1.807, 2.05) is 45.0 Å². The van der Waals surface area contributed by atoms with E-state index in [4.69, 9.17) is 0 Å². The normalized spacial score (nSPS) is 12.5. The summed E-state index contributed by atoms with van der Waals surface area (Å²) in [7, 11) is -3.63. The minimum atomic E-state index is -3.63. The van der Waals surface area contributed by atoms with Gasteiger partial charge < -0.3 is 5.32 Å². The quantitative estimate of drug-likeness (QED) is 0.836. The van der Waals surface area contributed by atoms with E-state index in [9.17, 15) is 13.2 Å². The third-order valence-corrected chi connectivity index (χ3v) is 5.54. The minimum absolute atomic E-state index is 0.345. The van der Waals surface area contributed by atoms with Crippen LogP contribution in [0.2, 0.25) is 0 Å². The van der Waals surface area contributed by atoms with E-state index >= 15 is 0 Å². The van der Waals surface area contributed by atoms with Gasteiger partial charge in [-0.3, -0.25) is 9.10 Å². The lowest BCUT2D eigenvalue weighted by atomic mass is 10.1. The Hall–Kier alpha value is -2.34. The molecule has 0 unspecified atom stereocenters. The summed E-state index contributed by atoms with van der Waals surface area (Å²) in [5.41, 5.74) is 4.28. The average molecular weight is 375 g/mol. The molecular weight excluding hydrogens is 348 g/mol. The first-order valence-corrected chi connectivity index (χ1v) is 10.4. The molecule has 0 aliphatic heterocycles. The molecule has 0 bridgehead atoms. The van der Waals surface area contributed by atoms with Crippen molar-refractivity contribution in [1.82, 2.24) is 0 Å². The Morgan fingerprint density at radius 1 is 1.08 bits per heavy atom. The van der Waals surface area contributed by atoms with Gasteiger partial charge in [-0.1, -0.05) is 25.1 Å². The molecule has 2 rings (SSSR count). The maximum absolute atomic E-state index is 12.9. The first-order chi connectivity index (χ1) is 12.1. The first kappa shape index (κ1) is 20.0. The van der Waals surface area contributed by atoms with E-state index in [1.54, 1.807) is 25.1 Å². The molecule has 1 amide bonds. The number of aryl methyl sites for hydroxylation is 3. The van der Waals surface area contributed by atoms with Crippen molar-refractivity contribution in [2.24, 2.45) is 0 Å². The maximum Gasteiger partial charge on any atom is 0.248 e. The van der Waals surface area contributed by atoms with Gasteiger partial charge in [-0.2, -0.15) is 0 Å². The Kier molecular flexibility index (Phi) is 6.08.